The molecule has 0 atom stereocenters. The Morgan fingerprint density at radius 1 is 1.00 bits per heavy atom. The number of aryl methyl sites for hydroxylation is 1. The summed E-state index contributed by atoms with van der Waals surface area (Å²) < 4.78 is 12.7. The Morgan fingerprint density at radius 2 is 1.81 bits per heavy atom. The van der Waals surface area contributed by atoms with E-state index in [0.717, 1.165) is 16.7 Å². The van der Waals surface area contributed by atoms with Crippen LogP contribution in [0.3, 0.4) is 0 Å². The molecule has 2 heterocycles. The predicted molar refractivity (Wildman–Crippen MR) is 126 cm³/mol. The fourth-order valence-corrected chi connectivity index (χ4v) is 4.30. The third-order valence-electron chi connectivity index (χ3n) is 5.16. The van der Waals surface area contributed by atoms with Crippen molar-refractivity contribution in [2.75, 3.05) is 13.7 Å². The second-order valence-electron chi connectivity index (χ2n) is 7.31. The van der Waals surface area contributed by atoms with Gasteiger partial charge in [0.15, 0.2) is 0 Å². The van der Waals surface area contributed by atoms with E-state index in [1.165, 1.54) is 18.4 Å². The molecule has 4 aromatic rings. The molecule has 0 saturated heterocycles. The SMILES string of the molecule is COC(=O)c1sccc1-c1cccc(OCCn2cccc2C(=O)c2ccc(C)cc2)c1. The molecule has 4 rings (SSSR count). The minimum absolute atomic E-state index is 0.00945. The summed E-state index contributed by atoms with van der Waals surface area (Å²) in [6.07, 6.45) is 1.88. The van der Waals surface area contributed by atoms with Crippen LogP contribution in [-0.4, -0.2) is 30.0 Å². The van der Waals surface area contributed by atoms with Gasteiger partial charge in [-0.25, -0.2) is 4.79 Å². The summed E-state index contributed by atoms with van der Waals surface area (Å²) >= 11 is 1.35. The van der Waals surface area contributed by atoms with Crippen molar-refractivity contribution in [3.63, 3.8) is 0 Å². The van der Waals surface area contributed by atoms with Crippen molar-refractivity contribution < 1.29 is 19.1 Å². The molecule has 2 aromatic carbocycles. The number of esters is 1. The van der Waals surface area contributed by atoms with Gasteiger partial charge in [0, 0.05) is 17.3 Å². The zero-order valence-electron chi connectivity index (χ0n) is 17.9. The van der Waals surface area contributed by atoms with Crippen LogP contribution >= 0.6 is 11.3 Å². The van der Waals surface area contributed by atoms with Crippen molar-refractivity contribution in [3.05, 3.63) is 100 Å². The van der Waals surface area contributed by atoms with Gasteiger partial charge in [-0.15, -0.1) is 11.3 Å². The molecule has 0 spiro atoms. The molecule has 32 heavy (non-hydrogen) atoms. The van der Waals surface area contributed by atoms with Gasteiger partial charge in [-0.05, 0) is 48.2 Å². The number of carbonyl (C=O) groups excluding carboxylic acids is 2. The topological polar surface area (TPSA) is 57.5 Å². The zero-order chi connectivity index (χ0) is 22.5. The maximum absolute atomic E-state index is 12.9. The van der Waals surface area contributed by atoms with Crippen LogP contribution in [-0.2, 0) is 11.3 Å². The number of methoxy groups -OCH3 is 1. The second kappa shape index (κ2) is 9.66. The van der Waals surface area contributed by atoms with Crippen LogP contribution in [0.1, 0.15) is 31.3 Å². The molecule has 0 saturated carbocycles. The number of rotatable bonds is 8. The standard InChI is InChI=1S/C26H23NO4S/c1-18-8-10-19(11-9-18)24(28)23-7-4-13-27(23)14-15-31-21-6-3-5-20(17-21)22-12-16-32-25(22)26(29)30-2/h3-13,16-17H,14-15H2,1-2H3. The molecule has 0 radical (unpaired) electrons. The molecule has 2 aromatic heterocycles. The number of aromatic nitrogens is 1. The fourth-order valence-electron chi connectivity index (χ4n) is 3.47. The van der Waals surface area contributed by atoms with Crippen LogP contribution in [0.15, 0.2) is 78.3 Å². The first-order valence-corrected chi connectivity index (χ1v) is 11.1. The lowest BCUT2D eigenvalue weighted by Crippen LogP contribution is -2.14. The van der Waals surface area contributed by atoms with Crippen molar-refractivity contribution in [2.45, 2.75) is 13.5 Å². The van der Waals surface area contributed by atoms with Crippen LogP contribution < -0.4 is 4.74 Å². The van der Waals surface area contributed by atoms with Gasteiger partial charge in [-0.1, -0.05) is 42.0 Å². The molecule has 0 N–H and O–H groups in total. The summed E-state index contributed by atoms with van der Waals surface area (Å²) in [5, 5.41) is 1.87. The molecular formula is C26H23NO4S. The lowest BCUT2D eigenvalue weighted by atomic mass is 10.1. The summed E-state index contributed by atoms with van der Waals surface area (Å²) in [6, 6.07) is 20.8. The average molecular weight is 446 g/mol. The lowest BCUT2D eigenvalue weighted by Gasteiger charge is -2.11. The highest BCUT2D eigenvalue weighted by molar-refractivity contribution is 7.12. The molecule has 5 nitrogen and oxygen atoms in total. The van der Waals surface area contributed by atoms with Gasteiger partial charge in [0.2, 0.25) is 5.78 Å². The summed E-state index contributed by atoms with van der Waals surface area (Å²) in [6.45, 7) is 2.94. The van der Waals surface area contributed by atoms with Crippen LogP contribution in [0.4, 0.5) is 0 Å². The third kappa shape index (κ3) is 4.65. The van der Waals surface area contributed by atoms with Crippen LogP contribution in [0, 0.1) is 6.92 Å². The fraction of sp³-hybridized carbons (Fsp3) is 0.154. The molecule has 0 aliphatic rings. The van der Waals surface area contributed by atoms with Gasteiger partial charge in [-0.3, -0.25) is 4.79 Å². The zero-order valence-corrected chi connectivity index (χ0v) is 18.7. The van der Waals surface area contributed by atoms with E-state index in [9.17, 15) is 9.59 Å². The monoisotopic (exact) mass is 445 g/mol. The van der Waals surface area contributed by atoms with Crippen LogP contribution in [0.5, 0.6) is 5.75 Å². The molecule has 0 amide bonds. The van der Waals surface area contributed by atoms with E-state index in [0.29, 0.717) is 35.0 Å². The summed E-state index contributed by atoms with van der Waals surface area (Å²) in [5.41, 5.74) is 4.13. The Kier molecular flexibility index (Phi) is 6.52. The summed E-state index contributed by atoms with van der Waals surface area (Å²) in [7, 11) is 1.38. The Labute approximate surface area is 190 Å². The average Bonchev–Trinajstić information content (AvgIpc) is 3.49. The maximum Gasteiger partial charge on any atom is 0.348 e. The van der Waals surface area contributed by atoms with Crippen molar-refractivity contribution >= 4 is 23.1 Å². The number of hydrogen-bond donors (Lipinski definition) is 0. The lowest BCUT2D eigenvalue weighted by molar-refractivity contribution is 0.0607. The summed E-state index contributed by atoms with van der Waals surface area (Å²) in [5.74, 6) is 0.340. The Morgan fingerprint density at radius 3 is 2.59 bits per heavy atom. The maximum atomic E-state index is 12.9. The number of hydrogen-bond acceptors (Lipinski definition) is 5. The van der Waals surface area contributed by atoms with E-state index >= 15 is 0 Å². The van der Waals surface area contributed by atoms with E-state index in [4.69, 9.17) is 9.47 Å². The highest BCUT2D eigenvalue weighted by Crippen LogP contribution is 2.31. The first-order chi connectivity index (χ1) is 15.6. The van der Waals surface area contributed by atoms with Gasteiger partial charge < -0.3 is 14.0 Å². The van der Waals surface area contributed by atoms with Gasteiger partial charge in [0.05, 0.1) is 19.3 Å². The first kappa shape index (κ1) is 21.6. The molecule has 0 fully saturated rings. The predicted octanol–water partition coefficient (Wildman–Crippen LogP) is 5.62. The van der Waals surface area contributed by atoms with Crippen molar-refractivity contribution in [1.29, 1.82) is 0 Å². The third-order valence-corrected chi connectivity index (χ3v) is 6.05. The van der Waals surface area contributed by atoms with Crippen LogP contribution in [0.25, 0.3) is 11.1 Å². The Balaban J connectivity index is 1.43. The highest BCUT2D eigenvalue weighted by atomic mass is 32.1. The second-order valence-corrected chi connectivity index (χ2v) is 8.23. The number of ketones is 1. The number of ether oxygens (including phenoxy) is 2. The van der Waals surface area contributed by atoms with Gasteiger partial charge in [0.25, 0.3) is 0 Å². The quantitative estimate of drug-likeness (QED) is 0.261. The molecule has 0 aliphatic carbocycles. The number of nitrogens with zero attached hydrogens (tertiary/aromatic N) is 1. The Bertz CT molecular complexity index is 1240. The highest BCUT2D eigenvalue weighted by Gasteiger charge is 2.16. The van der Waals surface area contributed by atoms with E-state index in [2.05, 4.69) is 0 Å². The molecular weight excluding hydrogens is 422 g/mol. The number of benzene rings is 2. The number of carbonyl (C=O) groups is 2. The normalized spacial score (nSPS) is 10.7. The van der Waals surface area contributed by atoms with Gasteiger partial charge in [-0.2, -0.15) is 0 Å². The van der Waals surface area contributed by atoms with Gasteiger partial charge in [0.1, 0.15) is 17.2 Å². The molecule has 0 bridgehead atoms. The van der Waals surface area contributed by atoms with Crippen molar-refractivity contribution in [2.24, 2.45) is 0 Å². The molecule has 6 heteroatoms. The Hall–Kier alpha value is -3.64. The van der Waals surface area contributed by atoms with E-state index < -0.39 is 0 Å². The minimum atomic E-state index is -0.347. The first-order valence-electron chi connectivity index (χ1n) is 10.2. The van der Waals surface area contributed by atoms with Crippen LogP contribution in [0.2, 0.25) is 0 Å². The largest absolute Gasteiger partial charge is 0.492 e. The van der Waals surface area contributed by atoms with E-state index in [1.807, 2.05) is 89.8 Å². The molecule has 0 aliphatic heterocycles. The van der Waals surface area contributed by atoms with E-state index in [-0.39, 0.29) is 11.8 Å². The molecule has 162 valence electrons. The van der Waals surface area contributed by atoms with Crippen molar-refractivity contribution in [3.8, 4) is 16.9 Å². The minimum Gasteiger partial charge on any atom is -0.492 e. The van der Waals surface area contributed by atoms with Crippen molar-refractivity contribution in [1.82, 2.24) is 4.57 Å². The van der Waals surface area contributed by atoms with E-state index in [1.54, 1.807) is 0 Å². The molecule has 0 unspecified atom stereocenters. The smallest absolute Gasteiger partial charge is 0.348 e. The number of thiophene rings is 1. The van der Waals surface area contributed by atoms with Gasteiger partial charge >= 0.3 is 5.97 Å². The summed E-state index contributed by atoms with van der Waals surface area (Å²) in [4.78, 5) is 25.4.